The second kappa shape index (κ2) is 9.55. The van der Waals surface area contributed by atoms with Crippen LogP contribution in [0.4, 0.5) is 0 Å². The quantitative estimate of drug-likeness (QED) is 0.390. The number of methoxy groups -OCH3 is 1. The Morgan fingerprint density at radius 3 is 2.62 bits per heavy atom. The fourth-order valence-corrected chi connectivity index (χ4v) is 5.42. The van der Waals surface area contributed by atoms with Crippen molar-refractivity contribution in [2.24, 2.45) is 0 Å². The molecule has 0 spiro atoms. The minimum atomic E-state index is -0.231. The van der Waals surface area contributed by atoms with Crippen molar-refractivity contribution < 1.29 is 9.53 Å². The number of rotatable bonds is 5. The number of likely N-dealkylation sites (tertiary alicyclic amines) is 1. The molecule has 3 aromatic rings. The Bertz CT molecular complexity index is 1200. The van der Waals surface area contributed by atoms with E-state index < -0.39 is 0 Å². The van der Waals surface area contributed by atoms with Gasteiger partial charge in [-0.05, 0) is 63.4 Å². The molecule has 2 heterocycles. The van der Waals surface area contributed by atoms with Gasteiger partial charge < -0.3 is 9.64 Å². The predicted molar refractivity (Wildman–Crippen MR) is 129 cm³/mol. The van der Waals surface area contributed by atoms with Crippen LogP contribution < -0.4 is 10.3 Å². The second-order valence-corrected chi connectivity index (χ2v) is 9.47. The molecule has 0 radical (unpaired) electrons. The van der Waals surface area contributed by atoms with Gasteiger partial charge in [0.1, 0.15) is 5.75 Å². The molecular weight excluding hydrogens is 446 g/mol. The van der Waals surface area contributed by atoms with Crippen LogP contribution in [0.3, 0.4) is 0 Å². The third-order valence-corrected chi connectivity index (χ3v) is 7.09. The van der Waals surface area contributed by atoms with Crippen molar-refractivity contribution in [1.82, 2.24) is 14.5 Å². The highest BCUT2D eigenvalue weighted by atomic mass is 35.5. The van der Waals surface area contributed by atoms with Gasteiger partial charge in [0, 0.05) is 17.1 Å². The first-order valence-electron chi connectivity index (χ1n) is 10.7. The first-order valence-corrected chi connectivity index (χ1v) is 12.1. The highest BCUT2D eigenvalue weighted by Crippen LogP contribution is 2.29. The van der Waals surface area contributed by atoms with Crippen LogP contribution in [0.15, 0.2) is 52.4 Å². The van der Waals surface area contributed by atoms with Crippen molar-refractivity contribution >= 4 is 40.2 Å². The number of thioether (sulfide) groups is 1. The highest BCUT2D eigenvalue weighted by Gasteiger charge is 2.29. The minimum Gasteiger partial charge on any atom is -0.495 e. The van der Waals surface area contributed by atoms with Crippen LogP contribution in [0.5, 0.6) is 5.75 Å². The maximum atomic E-state index is 13.5. The van der Waals surface area contributed by atoms with Crippen LogP contribution in [0.2, 0.25) is 5.02 Å². The Kier molecular flexibility index (Phi) is 6.76. The maximum Gasteiger partial charge on any atom is 0.266 e. The van der Waals surface area contributed by atoms with E-state index in [9.17, 15) is 9.59 Å². The van der Waals surface area contributed by atoms with E-state index in [1.54, 1.807) is 31.4 Å². The SMILES string of the molecule is COc1ccccc1-n1c(SCC(=O)N2C(C)CCCC2C)nc2cc(Cl)ccc2c1=O. The number of aromatic nitrogens is 2. The molecule has 1 aromatic heterocycles. The van der Waals surface area contributed by atoms with Gasteiger partial charge in [0.25, 0.3) is 5.56 Å². The number of hydrogen-bond acceptors (Lipinski definition) is 5. The van der Waals surface area contributed by atoms with E-state index in [1.807, 2.05) is 23.1 Å². The zero-order valence-electron chi connectivity index (χ0n) is 18.4. The van der Waals surface area contributed by atoms with E-state index in [0.29, 0.717) is 32.5 Å². The molecule has 0 aliphatic carbocycles. The van der Waals surface area contributed by atoms with Crippen molar-refractivity contribution in [1.29, 1.82) is 0 Å². The summed E-state index contributed by atoms with van der Waals surface area (Å²) in [6.07, 6.45) is 3.17. The molecule has 0 bridgehead atoms. The molecule has 1 fully saturated rings. The summed E-state index contributed by atoms with van der Waals surface area (Å²) in [5, 5.41) is 1.39. The summed E-state index contributed by atoms with van der Waals surface area (Å²) in [4.78, 5) is 33.3. The average molecular weight is 472 g/mol. The zero-order chi connectivity index (χ0) is 22.8. The molecule has 0 saturated carbocycles. The van der Waals surface area contributed by atoms with Crippen LogP contribution in [0.25, 0.3) is 16.6 Å². The van der Waals surface area contributed by atoms with Crippen molar-refractivity contribution in [3.8, 4) is 11.4 Å². The van der Waals surface area contributed by atoms with Gasteiger partial charge in [-0.3, -0.25) is 14.2 Å². The zero-order valence-corrected chi connectivity index (χ0v) is 19.9. The lowest BCUT2D eigenvalue weighted by Gasteiger charge is -2.39. The van der Waals surface area contributed by atoms with Crippen LogP contribution >= 0.6 is 23.4 Å². The van der Waals surface area contributed by atoms with Crippen molar-refractivity contribution in [3.05, 3.63) is 57.8 Å². The topological polar surface area (TPSA) is 64.4 Å². The molecule has 1 aliphatic rings. The number of nitrogens with zero attached hydrogens (tertiary/aromatic N) is 3. The molecule has 2 unspecified atom stereocenters. The van der Waals surface area contributed by atoms with Gasteiger partial charge >= 0.3 is 0 Å². The smallest absolute Gasteiger partial charge is 0.266 e. The lowest BCUT2D eigenvalue weighted by molar-refractivity contribution is -0.134. The monoisotopic (exact) mass is 471 g/mol. The molecule has 168 valence electrons. The standard InChI is InChI=1S/C24H26ClN3O3S/c1-15-7-6-8-16(2)27(15)22(29)14-32-24-26-19-13-17(25)11-12-18(19)23(30)28(24)20-9-4-5-10-21(20)31-3/h4-5,9-13,15-16H,6-8,14H2,1-3H3. The molecule has 1 aliphatic heterocycles. The number of ether oxygens (including phenoxy) is 1. The number of halogens is 1. The van der Waals surface area contributed by atoms with E-state index in [1.165, 1.54) is 16.3 Å². The normalized spacial score (nSPS) is 18.7. The van der Waals surface area contributed by atoms with Gasteiger partial charge in [0.05, 0.1) is 29.5 Å². The lowest BCUT2D eigenvalue weighted by atomic mass is 9.98. The van der Waals surface area contributed by atoms with Gasteiger partial charge in [0.15, 0.2) is 5.16 Å². The highest BCUT2D eigenvalue weighted by molar-refractivity contribution is 7.99. The number of piperidine rings is 1. The fraction of sp³-hybridized carbons (Fsp3) is 0.375. The Morgan fingerprint density at radius 1 is 1.19 bits per heavy atom. The maximum absolute atomic E-state index is 13.5. The number of hydrogen-bond donors (Lipinski definition) is 0. The summed E-state index contributed by atoms with van der Waals surface area (Å²) in [5.41, 5.74) is 0.855. The predicted octanol–water partition coefficient (Wildman–Crippen LogP) is 4.93. The second-order valence-electron chi connectivity index (χ2n) is 8.09. The summed E-state index contributed by atoms with van der Waals surface area (Å²) in [6, 6.07) is 12.7. The van der Waals surface area contributed by atoms with Gasteiger partial charge in [-0.25, -0.2) is 4.98 Å². The molecule has 32 heavy (non-hydrogen) atoms. The van der Waals surface area contributed by atoms with Gasteiger partial charge in [-0.15, -0.1) is 0 Å². The minimum absolute atomic E-state index is 0.0571. The Labute approximate surface area is 196 Å². The molecule has 2 atom stereocenters. The first-order chi connectivity index (χ1) is 15.4. The summed E-state index contributed by atoms with van der Waals surface area (Å²) in [5.74, 6) is 0.806. The van der Waals surface area contributed by atoms with Crippen LogP contribution in [0.1, 0.15) is 33.1 Å². The van der Waals surface area contributed by atoms with Gasteiger partial charge in [-0.1, -0.05) is 35.5 Å². The third kappa shape index (κ3) is 4.36. The Balaban J connectivity index is 1.77. The van der Waals surface area contributed by atoms with E-state index in [4.69, 9.17) is 21.3 Å². The van der Waals surface area contributed by atoms with Gasteiger partial charge in [-0.2, -0.15) is 0 Å². The number of carbonyl (C=O) groups is 1. The van der Waals surface area contributed by atoms with E-state index >= 15 is 0 Å². The average Bonchev–Trinajstić information content (AvgIpc) is 2.77. The Hall–Kier alpha value is -2.51. The van der Waals surface area contributed by atoms with Gasteiger partial charge in [0.2, 0.25) is 5.91 Å². The van der Waals surface area contributed by atoms with Crippen LogP contribution in [-0.2, 0) is 4.79 Å². The van der Waals surface area contributed by atoms with Crippen LogP contribution in [0, 0.1) is 0 Å². The molecule has 6 nitrogen and oxygen atoms in total. The molecule has 4 rings (SSSR count). The largest absolute Gasteiger partial charge is 0.495 e. The van der Waals surface area contributed by atoms with Crippen molar-refractivity contribution in [2.45, 2.75) is 50.4 Å². The summed E-state index contributed by atoms with van der Waals surface area (Å²) < 4.78 is 7.02. The molecule has 0 N–H and O–H groups in total. The van der Waals surface area contributed by atoms with Crippen LogP contribution in [-0.4, -0.2) is 45.3 Å². The molecule has 1 saturated heterocycles. The Morgan fingerprint density at radius 2 is 1.91 bits per heavy atom. The summed E-state index contributed by atoms with van der Waals surface area (Å²) in [7, 11) is 1.56. The first kappa shape index (κ1) is 22.7. The number of fused-ring (bicyclic) bond motifs is 1. The number of carbonyl (C=O) groups excluding carboxylic acids is 1. The summed E-state index contributed by atoms with van der Waals surface area (Å²) in [6.45, 7) is 4.19. The summed E-state index contributed by atoms with van der Waals surface area (Å²) >= 11 is 7.42. The molecule has 8 heteroatoms. The third-order valence-electron chi connectivity index (χ3n) is 5.93. The molecular formula is C24H26ClN3O3S. The lowest BCUT2D eigenvalue weighted by Crippen LogP contribution is -2.48. The van der Waals surface area contributed by atoms with Crippen molar-refractivity contribution in [2.75, 3.05) is 12.9 Å². The van der Waals surface area contributed by atoms with Crippen molar-refractivity contribution in [3.63, 3.8) is 0 Å². The molecule has 1 amide bonds. The number of para-hydroxylation sites is 2. The van der Waals surface area contributed by atoms with E-state index in [0.717, 1.165) is 19.3 Å². The van der Waals surface area contributed by atoms with E-state index in [2.05, 4.69) is 13.8 Å². The molecule has 2 aromatic carbocycles. The number of amides is 1. The fourth-order valence-electron chi connectivity index (χ4n) is 4.38. The van der Waals surface area contributed by atoms with E-state index in [-0.39, 0.29) is 29.3 Å². The number of benzene rings is 2.